The van der Waals surface area contributed by atoms with E-state index >= 15 is 0 Å². The molecule has 4 rings (SSSR count). The summed E-state index contributed by atoms with van der Waals surface area (Å²) in [6.45, 7) is 7.01. The summed E-state index contributed by atoms with van der Waals surface area (Å²) in [5.74, 6) is 0.630. The van der Waals surface area contributed by atoms with E-state index in [4.69, 9.17) is 15.5 Å². The maximum Gasteiger partial charge on any atom is 0.282 e. The molecule has 3 N–H and O–H groups in total. The summed E-state index contributed by atoms with van der Waals surface area (Å²) >= 11 is 0. The van der Waals surface area contributed by atoms with E-state index in [1.807, 2.05) is 31.2 Å². The van der Waals surface area contributed by atoms with Gasteiger partial charge in [-0.2, -0.15) is 4.99 Å². The lowest BCUT2D eigenvalue weighted by molar-refractivity contribution is 0.100. The molecule has 1 unspecified atom stereocenters. The standard InChI is InChI=1S/C22H29N5O2/c1-14-3-4-20-16(11-14)12-19(22(28)24-15(2)23)21(26-20)27-8-5-17(6-9-27)25-18-7-10-29-13-18/h3-4,11-12,17-18,25H,5-10,13H2,1-2H3,(H2,23,24,28). The number of fused-ring (bicyclic) bond motifs is 1. The molecule has 2 aromatic rings. The number of nitrogens with one attached hydrogen (secondary N) is 1. The summed E-state index contributed by atoms with van der Waals surface area (Å²) in [7, 11) is 0. The second-order valence-corrected chi connectivity index (χ2v) is 8.10. The van der Waals surface area contributed by atoms with E-state index in [-0.39, 0.29) is 11.7 Å². The summed E-state index contributed by atoms with van der Waals surface area (Å²) in [4.78, 5) is 23.8. The lowest BCUT2D eigenvalue weighted by atomic mass is 10.0. The molecule has 2 fully saturated rings. The van der Waals surface area contributed by atoms with Gasteiger partial charge in [0.1, 0.15) is 11.7 Å². The van der Waals surface area contributed by atoms with E-state index in [1.165, 1.54) is 0 Å². The third kappa shape index (κ3) is 4.57. The predicted molar refractivity (Wildman–Crippen MR) is 116 cm³/mol. The van der Waals surface area contributed by atoms with Gasteiger partial charge < -0.3 is 20.7 Å². The number of ether oxygens (including phenoxy) is 1. The number of rotatable bonds is 4. The molecule has 1 aromatic heterocycles. The minimum atomic E-state index is -0.334. The lowest BCUT2D eigenvalue weighted by Crippen LogP contribution is -2.47. The first-order valence-electron chi connectivity index (χ1n) is 10.3. The van der Waals surface area contributed by atoms with Crippen molar-refractivity contribution in [3.8, 4) is 0 Å². The van der Waals surface area contributed by atoms with Crippen molar-refractivity contribution in [3.05, 3.63) is 35.4 Å². The van der Waals surface area contributed by atoms with Crippen LogP contribution in [0, 0.1) is 6.92 Å². The van der Waals surface area contributed by atoms with Crippen LogP contribution in [-0.2, 0) is 4.74 Å². The van der Waals surface area contributed by atoms with Gasteiger partial charge in [0.15, 0.2) is 0 Å². The van der Waals surface area contributed by atoms with Crippen LogP contribution in [0.5, 0.6) is 0 Å². The Morgan fingerprint density at radius 1 is 1.24 bits per heavy atom. The van der Waals surface area contributed by atoms with Crippen molar-refractivity contribution in [2.45, 2.75) is 45.2 Å². The number of pyridine rings is 1. The zero-order valence-electron chi connectivity index (χ0n) is 17.1. The number of anilines is 1. The highest BCUT2D eigenvalue weighted by molar-refractivity contribution is 6.07. The van der Waals surface area contributed by atoms with Crippen molar-refractivity contribution < 1.29 is 9.53 Å². The second kappa shape index (κ2) is 8.47. The molecule has 1 amide bonds. The molecule has 0 radical (unpaired) electrons. The number of carbonyl (C=O) groups is 1. The van der Waals surface area contributed by atoms with E-state index < -0.39 is 0 Å². The van der Waals surface area contributed by atoms with Crippen molar-refractivity contribution in [2.75, 3.05) is 31.2 Å². The van der Waals surface area contributed by atoms with Gasteiger partial charge in [0, 0.05) is 37.2 Å². The van der Waals surface area contributed by atoms with Gasteiger partial charge in [-0.1, -0.05) is 11.6 Å². The number of hydrogen-bond acceptors (Lipinski definition) is 5. The first-order valence-corrected chi connectivity index (χ1v) is 10.3. The molecule has 154 valence electrons. The highest BCUT2D eigenvalue weighted by Gasteiger charge is 2.27. The molecule has 0 spiro atoms. The number of amides is 1. The van der Waals surface area contributed by atoms with Crippen LogP contribution in [-0.4, -0.2) is 55.1 Å². The predicted octanol–water partition coefficient (Wildman–Crippen LogP) is 2.41. The molecule has 7 nitrogen and oxygen atoms in total. The van der Waals surface area contributed by atoms with E-state index in [1.54, 1.807) is 6.92 Å². The van der Waals surface area contributed by atoms with Crippen LogP contribution >= 0.6 is 0 Å². The number of amidine groups is 1. The highest BCUT2D eigenvalue weighted by Crippen LogP contribution is 2.28. The maximum atomic E-state index is 12.8. The Balaban J connectivity index is 1.59. The van der Waals surface area contributed by atoms with Crippen LogP contribution in [0.15, 0.2) is 29.3 Å². The smallest absolute Gasteiger partial charge is 0.282 e. The molecule has 1 atom stereocenters. The van der Waals surface area contributed by atoms with Gasteiger partial charge in [0.05, 0.1) is 17.7 Å². The number of benzene rings is 1. The van der Waals surface area contributed by atoms with E-state index in [0.717, 1.165) is 62.0 Å². The molecule has 2 aliphatic heterocycles. The van der Waals surface area contributed by atoms with Gasteiger partial charge in [0.25, 0.3) is 5.91 Å². The third-order valence-corrected chi connectivity index (χ3v) is 5.65. The SMILES string of the molecule is CC(N)=NC(=O)c1cc2cc(C)ccc2nc1N1CCC(NC2CCOC2)CC1. The molecule has 29 heavy (non-hydrogen) atoms. The first-order chi connectivity index (χ1) is 14.0. The van der Waals surface area contributed by atoms with Gasteiger partial charge in [-0.25, -0.2) is 4.98 Å². The van der Waals surface area contributed by atoms with Gasteiger partial charge in [-0.15, -0.1) is 0 Å². The van der Waals surface area contributed by atoms with Crippen molar-refractivity contribution in [3.63, 3.8) is 0 Å². The molecule has 0 saturated carbocycles. The zero-order chi connectivity index (χ0) is 20.4. The number of aryl methyl sites for hydroxylation is 1. The summed E-state index contributed by atoms with van der Waals surface area (Å²) in [6, 6.07) is 8.94. The summed E-state index contributed by atoms with van der Waals surface area (Å²) < 4.78 is 5.47. The Morgan fingerprint density at radius 2 is 2.03 bits per heavy atom. The number of hydrogen-bond donors (Lipinski definition) is 2. The van der Waals surface area contributed by atoms with E-state index in [9.17, 15) is 4.79 Å². The number of aromatic nitrogens is 1. The average Bonchev–Trinajstić information content (AvgIpc) is 3.20. The van der Waals surface area contributed by atoms with Gasteiger partial charge in [0.2, 0.25) is 0 Å². The van der Waals surface area contributed by atoms with Crippen molar-refractivity contribution in [2.24, 2.45) is 10.7 Å². The highest BCUT2D eigenvalue weighted by atomic mass is 16.5. The first kappa shape index (κ1) is 19.8. The fourth-order valence-corrected chi connectivity index (χ4v) is 4.16. The van der Waals surface area contributed by atoms with Gasteiger partial charge in [-0.3, -0.25) is 4.79 Å². The number of piperidine rings is 1. The maximum absolute atomic E-state index is 12.8. The van der Waals surface area contributed by atoms with Crippen LogP contribution in [0.3, 0.4) is 0 Å². The van der Waals surface area contributed by atoms with Crippen molar-refractivity contribution in [1.29, 1.82) is 0 Å². The van der Waals surface area contributed by atoms with Crippen LogP contribution in [0.25, 0.3) is 10.9 Å². The van der Waals surface area contributed by atoms with Gasteiger partial charge >= 0.3 is 0 Å². The Kier molecular flexibility index (Phi) is 5.78. The molecule has 7 heteroatoms. The Bertz CT molecular complexity index is 924. The minimum Gasteiger partial charge on any atom is -0.387 e. The van der Waals surface area contributed by atoms with Crippen LogP contribution < -0.4 is 16.0 Å². The second-order valence-electron chi connectivity index (χ2n) is 8.10. The fourth-order valence-electron chi connectivity index (χ4n) is 4.16. The molecule has 0 bridgehead atoms. The third-order valence-electron chi connectivity index (χ3n) is 5.65. The largest absolute Gasteiger partial charge is 0.387 e. The molecule has 1 aromatic carbocycles. The minimum absolute atomic E-state index is 0.256. The number of nitrogens with zero attached hydrogens (tertiary/aromatic N) is 3. The summed E-state index contributed by atoms with van der Waals surface area (Å²) in [5.41, 5.74) is 8.20. The summed E-state index contributed by atoms with van der Waals surface area (Å²) in [6.07, 6.45) is 3.11. The van der Waals surface area contributed by atoms with Crippen molar-refractivity contribution in [1.82, 2.24) is 10.3 Å². The van der Waals surface area contributed by atoms with Crippen LogP contribution in [0.1, 0.15) is 42.1 Å². The van der Waals surface area contributed by atoms with E-state index in [0.29, 0.717) is 23.5 Å². The Hall–Kier alpha value is -2.51. The van der Waals surface area contributed by atoms with Crippen LogP contribution in [0.2, 0.25) is 0 Å². The van der Waals surface area contributed by atoms with Crippen LogP contribution in [0.4, 0.5) is 5.82 Å². The number of nitrogens with two attached hydrogens (primary N) is 1. The van der Waals surface area contributed by atoms with E-state index in [2.05, 4.69) is 15.2 Å². The van der Waals surface area contributed by atoms with Crippen molar-refractivity contribution >= 4 is 28.5 Å². The molecular formula is C22H29N5O2. The monoisotopic (exact) mass is 395 g/mol. The average molecular weight is 396 g/mol. The molecular weight excluding hydrogens is 366 g/mol. The summed E-state index contributed by atoms with van der Waals surface area (Å²) in [5, 5.41) is 4.66. The Morgan fingerprint density at radius 3 is 2.72 bits per heavy atom. The lowest BCUT2D eigenvalue weighted by Gasteiger charge is -2.35. The molecule has 2 aliphatic rings. The number of aliphatic imine (C=N–C) groups is 1. The molecule has 2 saturated heterocycles. The quantitative estimate of drug-likeness (QED) is 0.610. The normalized spacial score (nSPS) is 21.1. The zero-order valence-corrected chi connectivity index (χ0v) is 17.1. The topological polar surface area (TPSA) is 92.8 Å². The molecule has 0 aliphatic carbocycles. The fraction of sp³-hybridized carbons (Fsp3) is 0.500. The molecule has 3 heterocycles. The number of carbonyl (C=O) groups excluding carboxylic acids is 1. The van der Waals surface area contributed by atoms with Gasteiger partial charge in [-0.05, 0) is 51.3 Å². The Labute approximate surface area is 171 Å².